The molecule has 0 fully saturated rings. The summed E-state index contributed by atoms with van der Waals surface area (Å²) < 4.78 is 3.87. The van der Waals surface area contributed by atoms with Crippen molar-refractivity contribution in [1.29, 1.82) is 0 Å². The second-order valence-corrected chi connectivity index (χ2v) is 6.40. The van der Waals surface area contributed by atoms with E-state index in [2.05, 4.69) is 50.4 Å². The third-order valence-electron chi connectivity index (χ3n) is 3.94. The fourth-order valence-corrected chi connectivity index (χ4v) is 2.62. The maximum Gasteiger partial charge on any atom is 0.191 e. The van der Waals surface area contributed by atoms with E-state index >= 15 is 0 Å². The van der Waals surface area contributed by atoms with Gasteiger partial charge in [-0.3, -0.25) is 9.36 Å². The molecule has 0 amide bonds. The third-order valence-corrected chi connectivity index (χ3v) is 3.94. The molecule has 25 heavy (non-hydrogen) atoms. The van der Waals surface area contributed by atoms with E-state index in [1.807, 2.05) is 26.4 Å². The van der Waals surface area contributed by atoms with Gasteiger partial charge < -0.3 is 10.6 Å². The maximum atomic E-state index is 4.66. The molecule has 138 valence electrons. The molecule has 0 spiro atoms. The van der Waals surface area contributed by atoms with Gasteiger partial charge in [0.15, 0.2) is 5.96 Å². The van der Waals surface area contributed by atoms with Crippen molar-refractivity contribution in [3.63, 3.8) is 0 Å². The highest BCUT2D eigenvalue weighted by Gasteiger charge is 2.02. The summed E-state index contributed by atoms with van der Waals surface area (Å²) in [6.07, 6.45) is 7.16. The Morgan fingerprint density at radius 1 is 1.20 bits per heavy atom. The summed E-state index contributed by atoms with van der Waals surface area (Å²) in [5.41, 5.74) is 3.40. The van der Waals surface area contributed by atoms with Crippen molar-refractivity contribution in [1.82, 2.24) is 30.2 Å². The minimum absolute atomic E-state index is 0.632. The standard InChI is InChI=1S/C18H31N7/c1-5-6-8-19-18(21-12-17-13-22-24(4)14-17)20-9-7-10-25-16(3)11-15(2)23-25/h11,13-14H,5-10,12H2,1-4H3,(H2,19,20,21). The lowest BCUT2D eigenvalue weighted by atomic mass is 10.3. The van der Waals surface area contributed by atoms with Crippen molar-refractivity contribution in [2.24, 2.45) is 12.0 Å². The zero-order chi connectivity index (χ0) is 18.1. The number of rotatable bonds is 9. The van der Waals surface area contributed by atoms with Crippen LogP contribution in [0.15, 0.2) is 23.5 Å². The van der Waals surface area contributed by atoms with Crippen molar-refractivity contribution < 1.29 is 0 Å². The smallest absolute Gasteiger partial charge is 0.191 e. The molecule has 0 bridgehead atoms. The Kier molecular flexibility index (Phi) is 7.50. The summed E-state index contributed by atoms with van der Waals surface area (Å²) in [6, 6.07) is 2.11. The number of hydrogen-bond acceptors (Lipinski definition) is 3. The summed E-state index contributed by atoms with van der Waals surface area (Å²) in [6.45, 7) is 9.67. The number of nitrogens with one attached hydrogen (secondary N) is 2. The van der Waals surface area contributed by atoms with E-state index in [1.54, 1.807) is 4.68 Å². The van der Waals surface area contributed by atoms with Gasteiger partial charge in [0, 0.05) is 44.1 Å². The highest BCUT2D eigenvalue weighted by atomic mass is 15.3. The first-order chi connectivity index (χ1) is 12.1. The highest BCUT2D eigenvalue weighted by molar-refractivity contribution is 5.79. The number of aliphatic imine (C=N–C) groups is 1. The van der Waals surface area contributed by atoms with Gasteiger partial charge in [-0.15, -0.1) is 0 Å². The van der Waals surface area contributed by atoms with Gasteiger partial charge in [-0.2, -0.15) is 10.2 Å². The second kappa shape index (κ2) is 9.86. The fraction of sp³-hybridized carbons (Fsp3) is 0.611. The van der Waals surface area contributed by atoms with Gasteiger partial charge in [-0.1, -0.05) is 13.3 Å². The van der Waals surface area contributed by atoms with Crippen molar-refractivity contribution >= 4 is 5.96 Å². The van der Waals surface area contributed by atoms with Gasteiger partial charge >= 0.3 is 0 Å². The molecule has 7 nitrogen and oxygen atoms in total. The molecule has 0 aliphatic carbocycles. The predicted molar refractivity (Wildman–Crippen MR) is 102 cm³/mol. The van der Waals surface area contributed by atoms with Crippen LogP contribution in [0.2, 0.25) is 0 Å². The Hall–Kier alpha value is -2.31. The van der Waals surface area contributed by atoms with E-state index in [-0.39, 0.29) is 0 Å². The molecule has 0 radical (unpaired) electrons. The molecule has 2 heterocycles. The Labute approximate surface area is 150 Å². The van der Waals surface area contributed by atoms with Crippen LogP contribution in [0.25, 0.3) is 0 Å². The van der Waals surface area contributed by atoms with Crippen LogP contribution in [0.1, 0.15) is 43.1 Å². The molecule has 0 aliphatic rings. The Bertz CT molecular complexity index is 669. The molecule has 0 saturated heterocycles. The van der Waals surface area contributed by atoms with E-state index in [9.17, 15) is 0 Å². The summed E-state index contributed by atoms with van der Waals surface area (Å²) in [7, 11) is 1.92. The normalized spacial score (nSPS) is 11.8. The van der Waals surface area contributed by atoms with Gasteiger partial charge in [0.1, 0.15) is 0 Å². The highest BCUT2D eigenvalue weighted by Crippen LogP contribution is 2.02. The average Bonchev–Trinajstić information content (AvgIpc) is 3.13. The average molecular weight is 345 g/mol. The monoisotopic (exact) mass is 345 g/mol. The third kappa shape index (κ3) is 6.60. The second-order valence-electron chi connectivity index (χ2n) is 6.40. The van der Waals surface area contributed by atoms with Crippen LogP contribution in [0.3, 0.4) is 0 Å². The van der Waals surface area contributed by atoms with Gasteiger partial charge in [-0.05, 0) is 32.8 Å². The first-order valence-electron chi connectivity index (χ1n) is 9.09. The topological polar surface area (TPSA) is 72.1 Å². The lowest BCUT2D eigenvalue weighted by molar-refractivity contribution is 0.554. The van der Waals surface area contributed by atoms with Crippen molar-refractivity contribution in [2.75, 3.05) is 13.1 Å². The van der Waals surface area contributed by atoms with E-state index in [0.717, 1.165) is 49.7 Å². The molecule has 7 heteroatoms. The Balaban J connectivity index is 1.81. The van der Waals surface area contributed by atoms with Crippen molar-refractivity contribution in [3.05, 3.63) is 35.4 Å². The zero-order valence-electron chi connectivity index (χ0n) is 15.9. The fourth-order valence-electron chi connectivity index (χ4n) is 2.62. The van der Waals surface area contributed by atoms with Crippen LogP contribution in [-0.2, 0) is 20.1 Å². The van der Waals surface area contributed by atoms with Gasteiger partial charge in [0.25, 0.3) is 0 Å². The molecule has 0 saturated carbocycles. The number of unbranched alkanes of at least 4 members (excludes halogenated alkanes) is 1. The maximum absolute atomic E-state index is 4.66. The lowest BCUT2D eigenvalue weighted by Gasteiger charge is -2.12. The summed E-state index contributed by atoms with van der Waals surface area (Å²) in [5.74, 6) is 0.866. The van der Waals surface area contributed by atoms with Gasteiger partial charge in [0.05, 0.1) is 18.4 Å². The molecule has 0 aliphatic heterocycles. The van der Waals surface area contributed by atoms with Crippen molar-refractivity contribution in [3.8, 4) is 0 Å². The predicted octanol–water partition coefficient (Wildman–Crippen LogP) is 2.16. The number of nitrogens with zero attached hydrogens (tertiary/aromatic N) is 5. The van der Waals surface area contributed by atoms with Crippen LogP contribution in [0.4, 0.5) is 0 Å². The van der Waals surface area contributed by atoms with Crippen LogP contribution < -0.4 is 10.6 Å². The van der Waals surface area contributed by atoms with Gasteiger partial charge in [-0.25, -0.2) is 4.99 Å². The SMILES string of the molecule is CCCCNC(=NCc1cnn(C)c1)NCCCn1nc(C)cc1C. The lowest BCUT2D eigenvalue weighted by Crippen LogP contribution is -2.38. The summed E-state index contributed by atoms with van der Waals surface area (Å²) >= 11 is 0. The molecule has 2 aromatic heterocycles. The minimum atomic E-state index is 0.632. The molecule has 0 unspecified atom stereocenters. The van der Waals surface area contributed by atoms with E-state index in [1.165, 1.54) is 12.1 Å². The first kappa shape index (κ1) is 19.0. The number of aromatic nitrogens is 4. The molecular formula is C18H31N7. The molecule has 0 aromatic carbocycles. The largest absolute Gasteiger partial charge is 0.356 e. The van der Waals surface area contributed by atoms with Crippen LogP contribution in [0.5, 0.6) is 0 Å². The molecular weight excluding hydrogens is 314 g/mol. The van der Waals surface area contributed by atoms with E-state index in [4.69, 9.17) is 0 Å². The summed E-state index contributed by atoms with van der Waals surface area (Å²) in [5, 5.41) is 15.5. The quantitative estimate of drug-likeness (QED) is 0.415. The summed E-state index contributed by atoms with van der Waals surface area (Å²) in [4.78, 5) is 4.66. The molecule has 0 atom stereocenters. The molecule has 2 rings (SSSR count). The number of guanidine groups is 1. The first-order valence-corrected chi connectivity index (χ1v) is 9.09. The number of aryl methyl sites for hydroxylation is 4. The van der Waals surface area contributed by atoms with Gasteiger partial charge in [0.2, 0.25) is 0 Å². The Morgan fingerprint density at radius 3 is 2.56 bits per heavy atom. The van der Waals surface area contributed by atoms with Crippen molar-refractivity contribution in [2.45, 2.75) is 53.1 Å². The Morgan fingerprint density at radius 2 is 1.96 bits per heavy atom. The van der Waals surface area contributed by atoms with E-state index < -0.39 is 0 Å². The number of hydrogen-bond donors (Lipinski definition) is 2. The van der Waals surface area contributed by atoms with Crippen LogP contribution in [-0.4, -0.2) is 38.6 Å². The van der Waals surface area contributed by atoms with Crippen LogP contribution in [0, 0.1) is 13.8 Å². The van der Waals surface area contributed by atoms with E-state index in [0.29, 0.717) is 6.54 Å². The van der Waals surface area contributed by atoms with Crippen LogP contribution >= 0.6 is 0 Å². The minimum Gasteiger partial charge on any atom is -0.356 e. The molecule has 2 N–H and O–H groups in total. The molecule has 2 aromatic rings. The zero-order valence-corrected chi connectivity index (χ0v) is 15.9.